The van der Waals surface area contributed by atoms with Crippen molar-refractivity contribution in [2.75, 3.05) is 0 Å². The van der Waals surface area contributed by atoms with Crippen LogP contribution in [0.4, 0.5) is 4.79 Å². The lowest BCUT2D eigenvalue weighted by Crippen LogP contribution is -2.51. The molecule has 0 saturated heterocycles. The molecule has 0 heterocycles. The maximum atomic E-state index is 13.6. The first-order chi connectivity index (χ1) is 19.6. The number of amides is 2. The summed E-state index contributed by atoms with van der Waals surface area (Å²) in [5.41, 5.74) is 3.30. The highest BCUT2D eigenvalue weighted by Gasteiger charge is 2.24. The van der Waals surface area contributed by atoms with Gasteiger partial charge in [-0.25, -0.2) is 4.79 Å². The number of ether oxygens (including phenoxy) is 1. The molecule has 2 N–H and O–H groups in total. The van der Waals surface area contributed by atoms with Crippen LogP contribution in [0.25, 0.3) is 0 Å². The van der Waals surface area contributed by atoms with E-state index >= 15 is 0 Å². The van der Waals surface area contributed by atoms with Gasteiger partial charge in [-0.05, 0) is 29.2 Å². The zero-order chi connectivity index (χ0) is 28.0. The summed E-state index contributed by atoms with van der Waals surface area (Å²) in [4.78, 5) is 39.0. The molecule has 0 aromatic heterocycles. The van der Waals surface area contributed by atoms with Crippen molar-refractivity contribution in [3.63, 3.8) is 0 Å². The highest BCUT2D eigenvalue weighted by molar-refractivity contribution is 6.04. The van der Waals surface area contributed by atoms with Gasteiger partial charge in [0.05, 0.1) is 6.04 Å². The molecule has 6 nitrogen and oxygen atoms in total. The molecule has 0 aliphatic heterocycles. The maximum Gasteiger partial charge on any atom is 0.408 e. The van der Waals surface area contributed by atoms with Crippen LogP contribution in [0.5, 0.6) is 0 Å². The van der Waals surface area contributed by atoms with E-state index in [9.17, 15) is 14.4 Å². The highest BCUT2D eigenvalue weighted by atomic mass is 16.5. The van der Waals surface area contributed by atoms with Gasteiger partial charge in [-0.15, -0.1) is 0 Å². The van der Waals surface area contributed by atoms with Crippen LogP contribution in [-0.2, 0) is 29.0 Å². The number of carbonyl (C=O) groups is 3. The molecule has 0 fully saturated rings. The number of hydrogen-bond acceptors (Lipinski definition) is 4. The van der Waals surface area contributed by atoms with Gasteiger partial charge in [0.25, 0.3) is 0 Å². The van der Waals surface area contributed by atoms with E-state index in [1.165, 1.54) is 6.08 Å². The van der Waals surface area contributed by atoms with Gasteiger partial charge in [0, 0.05) is 12.0 Å². The van der Waals surface area contributed by atoms with Crippen molar-refractivity contribution in [2.45, 2.75) is 31.5 Å². The van der Waals surface area contributed by atoms with Crippen LogP contribution >= 0.6 is 0 Å². The summed E-state index contributed by atoms with van der Waals surface area (Å²) >= 11 is 0. The number of ketones is 1. The second kappa shape index (κ2) is 14.8. The predicted octanol–water partition coefficient (Wildman–Crippen LogP) is 5.69. The maximum absolute atomic E-state index is 13.6. The molecule has 0 aliphatic rings. The average molecular weight is 533 g/mol. The van der Waals surface area contributed by atoms with E-state index in [2.05, 4.69) is 10.6 Å². The van der Waals surface area contributed by atoms with Gasteiger partial charge in [-0.2, -0.15) is 0 Å². The van der Waals surface area contributed by atoms with Crippen LogP contribution in [0.15, 0.2) is 133 Å². The molecule has 0 saturated carbocycles. The molecular formula is C34H32N2O4. The third-order valence-corrected chi connectivity index (χ3v) is 6.27. The Balaban J connectivity index is 1.49. The van der Waals surface area contributed by atoms with E-state index in [-0.39, 0.29) is 24.7 Å². The Labute approximate surface area is 234 Å². The van der Waals surface area contributed by atoms with Crippen molar-refractivity contribution in [3.05, 3.63) is 156 Å². The van der Waals surface area contributed by atoms with E-state index in [0.29, 0.717) is 12.0 Å². The lowest BCUT2D eigenvalue weighted by Gasteiger charge is -2.22. The zero-order valence-electron chi connectivity index (χ0n) is 22.1. The van der Waals surface area contributed by atoms with Crippen molar-refractivity contribution < 1.29 is 19.1 Å². The Bertz CT molecular complexity index is 1390. The fourth-order valence-corrected chi connectivity index (χ4v) is 4.19. The number of nitrogens with one attached hydrogen (secondary N) is 2. The van der Waals surface area contributed by atoms with E-state index < -0.39 is 18.2 Å². The molecule has 2 amide bonds. The molecule has 2 atom stereocenters. The molecule has 40 heavy (non-hydrogen) atoms. The van der Waals surface area contributed by atoms with E-state index in [0.717, 1.165) is 16.7 Å². The van der Waals surface area contributed by atoms with Gasteiger partial charge in [0.2, 0.25) is 5.91 Å². The Morgan fingerprint density at radius 1 is 0.625 bits per heavy atom. The summed E-state index contributed by atoms with van der Waals surface area (Å²) < 4.78 is 5.39. The topological polar surface area (TPSA) is 84.5 Å². The van der Waals surface area contributed by atoms with Crippen molar-refractivity contribution >= 4 is 17.8 Å². The van der Waals surface area contributed by atoms with Gasteiger partial charge < -0.3 is 15.4 Å². The molecule has 0 spiro atoms. The smallest absolute Gasteiger partial charge is 0.408 e. The predicted molar refractivity (Wildman–Crippen MR) is 156 cm³/mol. The van der Waals surface area contributed by atoms with E-state index in [1.54, 1.807) is 30.3 Å². The number of alkyl carbamates (subject to hydrolysis) is 1. The second-order valence-corrected chi connectivity index (χ2v) is 9.34. The van der Waals surface area contributed by atoms with Crippen molar-refractivity contribution in [3.8, 4) is 0 Å². The quantitative estimate of drug-likeness (QED) is 0.181. The molecule has 4 aromatic carbocycles. The van der Waals surface area contributed by atoms with Crippen LogP contribution in [0.2, 0.25) is 0 Å². The average Bonchev–Trinajstić information content (AvgIpc) is 3.00. The van der Waals surface area contributed by atoms with E-state index in [1.807, 2.05) is 97.1 Å². The van der Waals surface area contributed by atoms with Gasteiger partial charge in [0.15, 0.2) is 5.78 Å². The molecular weight excluding hydrogens is 500 g/mol. The lowest BCUT2D eigenvalue weighted by molar-refractivity contribution is -0.123. The summed E-state index contributed by atoms with van der Waals surface area (Å²) in [6.07, 6.45) is 3.25. The van der Waals surface area contributed by atoms with Crippen LogP contribution in [-0.4, -0.2) is 29.9 Å². The first-order valence-electron chi connectivity index (χ1n) is 13.2. The number of benzene rings is 4. The Kier molecular flexibility index (Phi) is 10.4. The number of hydrogen-bond donors (Lipinski definition) is 2. The monoisotopic (exact) mass is 532 g/mol. The number of carbonyl (C=O) groups excluding carboxylic acids is 3. The summed E-state index contributed by atoms with van der Waals surface area (Å²) in [5, 5.41) is 5.75. The lowest BCUT2D eigenvalue weighted by atomic mass is 10.0. The summed E-state index contributed by atoms with van der Waals surface area (Å²) in [5.74, 6) is -0.533. The molecule has 202 valence electrons. The zero-order valence-corrected chi connectivity index (χ0v) is 22.1. The minimum Gasteiger partial charge on any atom is -0.445 e. The molecule has 0 radical (unpaired) electrons. The summed E-state index contributed by atoms with van der Waals surface area (Å²) in [6.45, 7) is 0.0906. The number of allylic oxidation sites excluding steroid dienone is 1. The highest BCUT2D eigenvalue weighted by Crippen LogP contribution is 2.09. The normalized spacial score (nSPS) is 12.3. The van der Waals surface area contributed by atoms with Gasteiger partial charge >= 0.3 is 6.09 Å². The third kappa shape index (κ3) is 9.10. The van der Waals surface area contributed by atoms with Gasteiger partial charge in [-0.3, -0.25) is 9.59 Å². The summed E-state index contributed by atoms with van der Waals surface area (Å²) in [7, 11) is 0. The van der Waals surface area contributed by atoms with Gasteiger partial charge in [-0.1, -0.05) is 127 Å². The van der Waals surface area contributed by atoms with Crippen molar-refractivity contribution in [1.82, 2.24) is 10.6 Å². The first-order valence-corrected chi connectivity index (χ1v) is 13.2. The summed E-state index contributed by atoms with van der Waals surface area (Å²) in [6, 6.07) is 36.1. The number of rotatable bonds is 12. The molecule has 4 rings (SSSR count). The Morgan fingerprint density at radius 3 is 1.70 bits per heavy atom. The SMILES string of the molecule is O=C(N[C@@H](Cc1ccccc1)C(=O)N[C@H](C=CC(=O)c1ccccc1)Cc1ccccc1)OCc1ccccc1. The Morgan fingerprint density at radius 2 is 1.12 bits per heavy atom. The molecule has 4 aromatic rings. The minimum atomic E-state index is -0.887. The standard InChI is InChI=1S/C34H32N2O4/c37-32(29-19-11-4-12-20-29)22-21-30(23-26-13-5-1-6-14-26)35-33(38)31(24-27-15-7-2-8-16-27)36-34(39)40-25-28-17-9-3-10-18-28/h1-22,30-31H,23-25H2,(H,35,38)(H,36,39)/t30-,31+/m1/s1. The van der Waals surface area contributed by atoms with Crippen molar-refractivity contribution in [1.29, 1.82) is 0 Å². The van der Waals surface area contributed by atoms with E-state index in [4.69, 9.17) is 4.74 Å². The fraction of sp³-hybridized carbons (Fsp3) is 0.147. The largest absolute Gasteiger partial charge is 0.445 e. The van der Waals surface area contributed by atoms with Gasteiger partial charge in [0.1, 0.15) is 12.6 Å². The Hall–Kier alpha value is -4.97. The second-order valence-electron chi connectivity index (χ2n) is 9.34. The van der Waals surface area contributed by atoms with Crippen LogP contribution in [0.1, 0.15) is 27.0 Å². The molecule has 0 bridgehead atoms. The van der Waals surface area contributed by atoms with Crippen LogP contribution in [0.3, 0.4) is 0 Å². The van der Waals surface area contributed by atoms with Crippen LogP contribution in [0, 0.1) is 0 Å². The minimum absolute atomic E-state index is 0.0906. The fourth-order valence-electron chi connectivity index (χ4n) is 4.19. The molecule has 0 aliphatic carbocycles. The molecule has 0 unspecified atom stereocenters. The first kappa shape index (κ1) is 28.0. The van der Waals surface area contributed by atoms with Crippen LogP contribution < -0.4 is 10.6 Å². The molecule has 6 heteroatoms. The third-order valence-electron chi connectivity index (χ3n) is 6.27. The van der Waals surface area contributed by atoms with Crippen molar-refractivity contribution in [2.24, 2.45) is 0 Å².